The summed E-state index contributed by atoms with van der Waals surface area (Å²) in [6, 6.07) is 7.92. The molecule has 0 fully saturated rings. The smallest absolute Gasteiger partial charge is 0.151 e. The van der Waals surface area contributed by atoms with Gasteiger partial charge in [0.15, 0.2) is 9.84 Å². The van der Waals surface area contributed by atoms with E-state index in [1.54, 1.807) is 17.8 Å². The number of sulfone groups is 1. The number of hydrogen-bond acceptors (Lipinski definition) is 3. The molecule has 0 N–H and O–H groups in total. The number of benzene rings is 1. The molecule has 4 nitrogen and oxygen atoms in total. The third kappa shape index (κ3) is 3.91. The lowest BCUT2D eigenvalue weighted by Crippen LogP contribution is -2.14. The molecular weight excluding hydrogens is 328 g/mol. The second kappa shape index (κ2) is 5.88. The Balaban J connectivity index is 2.09. The number of halogens is 1. The quantitative estimate of drug-likeness (QED) is 0.839. The fraction of sp³-hybridized carbons (Fsp3) is 0.308. The van der Waals surface area contributed by atoms with Crippen molar-refractivity contribution in [3.63, 3.8) is 0 Å². The summed E-state index contributed by atoms with van der Waals surface area (Å²) in [5.74, 6) is 0.304. The van der Waals surface area contributed by atoms with Crippen LogP contribution in [-0.2, 0) is 16.4 Å². The highest BCUT2D eigenvalue weighted by atomic mass is 79.9. The van der Waals surface area contributed by atoms with Crippen LogP contribution in [0.5, 0.6) is 0 Å². The SMILES string of the molecule is CCS(=O)(=O)CCn1cc(-c2ccc(Br)cc2)cn1. The van der Waals surface area contributed by atoms with E-state index in [0.29, 0.717) is 6.54 Å². The fourth-order valence-electron chi connectivity index (χ4n) is 1.65. The van der Waals surface area contributed by atoms with Crippen molar-refractivity contribution in [1.82, 2.24) is 9.78 Å². The molecule has 0 saturated heterocycles. The Morgan fingerprint density at radius 2 is 1.89 bits per heavy atom. The summed E-state index contributed by atoms with van der Waals surface area (Å²) in [5, 5.41) is 4.19. The second-order valence-electron chi connectivity index (χ2n) is 4.24. The molecule has 6 heteroatoms. The van der Waals surface area contributed by atoms with Gasteiger partial charge in [-0.2, -0.15) is 5.10 Å². The lowest BCUT2D eigenvalue weighted by molar-refractivity contribution is 0.582. The van der Waals surface area contributed by atoms with E-state index in [2.05, 4.69) is 21.0 Å². The van der Waals surface area contributed by atoms with Crippen LogP contribution in [0, 0.1) is 0 Å². The molecule has 0 amide bonds. The summed E-state index contributed by atoms with van der Waals surface area (Å²) >= 11 is 3.39. The first-order chi connectivity index (χ1) is 9.00. The molecule has 1 aromatic carbocycles. The van der Waals surface area contributed by atoms with Gasteiger partial charge in [0.1, 0.15) is 0 Å². The molecule has 19 heavy (non-hydrogen) atoms. The molecule has 0 atom stereocenters. The molecule has 0 aliphatic rings. The Hall–Kier alpha value is -1.14. The van der Waals surface area contributed by atoms with Gasteiger partial charge >= 0.3 is 0 Å². The molecule has 2 aromatic rings. The molecule has 0 saturated carbocycles. The lowest BCUT2D eigenvalue weighted by atomic mass is 10.1. The van der Waals surface area contributed by atoms with Crippen molar-refractivity contribution < 1.29 is 8.42 Å². The van der Waals surface area contributed by atoms with E-state index < -0.39 is 9.84 Å². The third-order valence-corrected chi connectivity index (χ3v) is 5.09. The highest BCUT2D eigenvalue weighted by Gasteiger charge is 2.08. The van der Waals surface area contributed by atoms with Gasteiger partial charge in [-0.15, -0.1) is 0 Å². The van der Waals surface area contributed by atoms with E-state index in [1.165, 1.54) is 0 Å². The minimum atomic E-state index is -2.95. The van der Waals surface area contributed by atoms with Crippen molar-refractivity contribution in [2.45, 2.75) is 13.5 Å². The maximum Gasteiger partial charge on any atom is 0.151 e. The van der Waals surface area contributed by atoms with Gasteiger partial charge in [0, 0.05) is 22.0 Å². The van der Waals surface area contributed by atoms with Gasteiger partial charge in [-0.05, 0) is 17.7 Å². The number of rotatable bonds is 5. The zero-order valence-electron chi connectivity index (χ0n) is 10.6. The zero-order valence-corrected chi connectivity index (χ0v) is 13.0. The van der Waals surface area contributed by atoms with Crippen LogP contribution in [0.1, 0.15) is 6.92 Å². The van der Waals surface area contributed by atoms with Crippen molar-refractivity contribution in [3.8, 4) is 11.1 Å². The van der Waals surface area contributed by atoms with Gasteiger partial charge < -0.3 is 0 Å². The zero-order chi connectivity index (χ0) is 13.9. The van der Waals surface area contributed by atoms with Gasteiger partial charge in [-0.25, -0.2) is 8.42 Å². The van der Waals surface area contributed by atoms with Crippen molar-refractivity contribution in [2.24, 2.45) is 0 Å². The van der Waals surface area contributed by atoms with Gasteiger partial charge in [-0.1, -0.05) is 35.0 Å². The largest absolute Gasteiger partial charge is 0.271 e. The van der Waals surface area contributed by atoms with Crippen LogP contribution < -0.4 is 0 Å². The predicted octanol–water partition coefficient (Wildman–Crippen LogP) is 2.75. The third-order valence-electron chi connectivity index (χ3n) is 2.88. The van der Waals surface area contributed by atoms with Crippen molar-refractivity contribution >= 4 is 25.8 Å². The molecule has 2 rings (SSSR count). The van der Waals surface area contributed by atoms with E-state index >= 15 is 0 Å². The number of aryl methyl sites for hydroxylation is 1. The summed E-state index contributed by atoms with van der Waals surface area (Å²) in [6.45, 7) is 2.05. The molecule has 0 unspecified atom stereocenters. The molecule has 0 radical (unpaired) electrons. The monoisotopic (exact) mass is 342 g/mol. The van der Waals surface area contributed by atoms with Crippen molar-refractivity contribution in [3.05, 3.63) is 41.1 Å². The van der Waals surface area contributed by atoms with Gasteiger partial charge in [0.2, 0.25) is 0 Å². The van der Waals surface area contributed by atoms with Crippen LogP contribution in [0.3, 0.4) is 0 Å². The molecule has 0 spiro atoms. The van der Waals surface area contributed by atoms with Crippen LogP contribution in [0.25, 0.3) is 11.1 Å². The number of nitrogens with zero attached hydrogens (tertiary/aromatic N) is 2. The Bertz CT molecular complexity index is 648. The Kier molecular flexibility index (Phi) is 4.42. The summed E-state index contributed by atoms with van der Waals surface area (Å²) in [4.78, 5) is 0. The second-order valence-corrected chi connectivity index (χ2v) is 7.62. The van der Waals surface area contributed by atoms with Gasteiger partial charge in [0.05, 0.1) is 18.5 Å². The Labute approximate surface area is 121 Å². The summed E-state index contributed by atoms with van der Waals surface area (Å²) < 4.78 is 25.6. The van der Waals surface area contributed by atoms with E-state index in [1.807, 2.05) is 30.5 Å². The standard InChI is InChI=1S/C13H15BrN2O2S/c1-2-19(17,18)8-7-16-10-12(9-15-16)11-3-5-13(14)6-4-11/h3-6,9-10H,2,7-8H2,1H3. The van der Waals surface area contributed by atoms with E-state index in [4.69, 9.17) is 0 Å². The molecular formula is C13H15BrN2O2S. The highest BCUT2D eigenvalue weighted by molar-refractivity contribution is 9.10. The molecule has 102 valence electrons. The number of hydrogen-bond donors (Lipinski definition) is 0. The lowest BCUT2D eigenvalue weighted by Gasteiger charge is -2.01. The maximum absolute atomic E-state index is 11.4. The van der Waals surface area contributed by atoms with E-state index in [-0.39, 0.29) is 11.5 Å². The summed E-state index contributed by atoms with van der Waals surface area (Å²) in [6.07, 6.45) is 3.62. The fourth-order valence-corrected chi connectivity index (χ4v) is 2.67. The minimum absolute atomic E-state index is 0.130. The summed E-state index contributed by atoms with van der Waals surface area (Å²) in [7, 11) is -2.95. The van der Waals surface area contributed by atoms with E-state index in [0.717, 1.165) is 15.6 Å². The first kappa shape index (κ1) is 14.3. The van der Waals surface area contributed by atoms with Crippen LogP contribution >= 0.6 is 15.9 Å². The van der Waals surface area contributed by atoms with Gasteiger partial charge in [0.25, 0.3) is 0 Å². The van der Waals surface area contributed by atoms with Crippen molar-refractivity contribution in [1.29, 1.82) is 0 Å². The van der Waals surface area contributed by atoms with Crippen LogP contribution in [0.4, 0.5) is 0 Å². The highest BCUT2D eigenvalue weighted by Crippen LogP contribution is 2.20. The molecule has 0 aliphatic carbocycles. The average Bonchev–Trinajstić information content (AvgIpc) is 2.86. The first-order valence-corrected chi connectivity index (χ1v) is 8.60. The molecule has 1 heterocycles. The first-order valence-electron chi connectivity index (χ1n) is 5.99. The Morgan fingerprint density at radius 1 is 1.21 bits per heavy atom. The summed E-state index contributed by atoms with van der Waals surface area (Å²) in [5.41, 5.74) is 2.05. The minimum Gasteiger partial charge on any atom is -0.271 e. The van der Waals surface area contributed by atoms with Crippen LogP contribution in [0.2, 0.25) is 0 Å². The van der Waals surface area contributed by atoms with E-state index in [9.17, 15) is 8.42 Å². The topological polar surface area (TPSA) is 52.0 Å². The van der Waals surface area contributed by atoms with Crippen molar-refractivity contribution in [2.75, 3.05) is 11.5 Å². The molecule has 0 aliphatic heterocycles. The average molecular weight is 343 g/mol. The van der Waals surface area contributed by atoms with Gasteiger partial charge in [-0.3, -0.25) is 4.68 Å². The maximum atomic E-state index is 11.4. The number of aromatic nitrogens is 2. The Morgan fingerprint density at radius 3 is 2.53 bits per heavy atom. The van der Waals surface area contributed by atoms with Crippen LogP contribution in [-0.4, -0.2) is 29.7 Å². The molecule has 0 bridgehead atoms. The normalized spacial score (nSPS) is 11.7. The molecule has 1 aromatic heterocycles. The van der Waals surface area contributed by atoms with Crippen LogP contribution in [0.15, 0.2) is 41.1 Å². The predicted molar refractivity (Wildman–Crippen MR) is 79.7 cm³/mol.